The maximum absolute atomic E-state index is 10.4. The van der Waals surface area contributed by atoms with Crippen molar-refractivity contribution in [3.63, 3.8) is 0 Å². The fourth-order valence-electron chi connectivity index (χ4n) is 4.26. The van der Waals surface area contributed by atoms with E-state index in [0.29, 0.717) is 23.6 Å². The van der Waals surface area contributed by atoms with Crippen molar-refractivity contribution in [3.05, 3.63) is 54.5 Å². The third kappa shape index (κ3) is 4.11. The Morgan fingerprint density at radius 3 is 2.41 bits per heavy atom. The van der Waals surface area contributed by atoms with Crippen LogP contribution in [0.25, 0.3) is 22.0 Å². The van der Waals surface area contributed by atoms with Gasteiger partial charge in [-0.15, -0.1) is 0 Å². The molecule has 4 heteroatoms. The lowest BCUT2D eigenvalue weighted by atomic mass is 9.93. The minimum atomic E-state index is 0.193. The van der Waals surface area contributed by atoms with E-state index in [-0.39, 0.29) is 5.75 Å². The molecule has 0 radical (unpaired) electrons. The predicted molar refractivity (Wildman–Crippen MR) is 112 cm³/mol. The van der Waals surface area contributed by atoms with Gasteiger partial charge < -0.3 is 5.11 Å². The summed E-state index contributed by atoms with van der Waals surface area (Å²) < 4.78 is 0. The zero-order valence-corrected chi connectivity index (χ0v) is 16.8. The minimum absolute atomic E-state index is 0.193. The zero-order valence-electron chi connectivity index (χ0n) is 16.8. The van der Waals surface area contributed by atoms with Gasteiger partial charge in [0.15, 0.2) is 0 Å². The average molecular weight is 364 g/mol. The van der Waals surface area contributed by atoms with Crippen molar-refractivity contribution in [1.82, 2.24) is 14.9 Å². The van der Waals surface area contributed by atoms with Gasteiger partial charge in [0.1, 0.15) is 17.6 Å². The lowest BCUT2D eigenvalue weighted by Gasteiger charge is -2.36. The molecule has 0 aliphatic carbocycles. The Bertz CT molecular complexity index is 912. The Balaban J connectivity index is 2.00. The highest BCUT2D eigenvalue weighted by atomic mass is 16.3. The number of hydrogen-bond acceptors (Lipinski definition) is 4. The maximum atomic E-state index is 10.4. The Labute approximate surface area is 161 Å². The van der Waals surface area contributed by atoms with Crippen molar-refractivity contribution in [2.24, 2.45) is 0 Å². The van der Waals surface area contributed by atoms with E-state index in [1.807, 2.05) is 6.07 Å². The largest absolute Gasteiger partial charge is 0.506 e. The van der Waals surface area contributed by atoms with Crippen LogP contribution in [0, 0.1) is 0 Å². The molecule has 0 spiro atoms. The second-order valence-corrected chi connectivity index (χ2v) is 7.80. The van der Waals surface area contributed by atoms with Gasteiger partial charge in [-0.3, -0.25) is 4.90 Å². The normalized spacial score (nSPS) is 13.0. The average Bonchev–Trinajstić information content (AvgIpc) is 2.61. The van der Waals surface area contributed by atoms with E-state index in [0.717, 1.165) is 22.9 Å². The third-order valence-electron chi connectivity index (χ3n) is 5.13. The molecule has 3 rings (SSSR count). The maximum Gasteiger partial charge on any atom is 0.142 e. The molecule has 0 fully saturated rings. The minimum Gasteiger partial charge on any atom is -0.506 e. The number of phenolic OH excluding ortho intramolecular Hbond substituents is 1. The molecule has 2 aromatic carbocycles. The molecule has 4 nitrogen and oxygen atoms in total. The van der Waals surface area contributed by atoms with Crippen molar-refractivity contribution < 1.29 is 5.11 Å². The quantitative estimate of drug-likeness (QED) is 0.665. The van der Waals surface area contributed by atoms with Gasteiger partial charge >= 0.3 is 0 Å². The Morgan fingerprint density at radius 1 is 1.00 bits per heavy atom. The SMILES string of the molecule is CC(C)N(C(C)C)C(C)Cc1ccccc1-c1cc(O)c2ncncc2c1. The number of benzene rings is 2. The van der Waals surface area contributed by atoms with E-state index in [1.165, 1.54) is 11.9 Å². The van der Waals surface area contributed by atoms with E-state index < -0.39 is 0 Å². The molecule has 1 aromatic heterocycles. The summed E-state index contributed by atoms with van der Waals surface area (Å²) in [5, 5.41) is 11.3. The molecular weight excluding hydrogens is 334 g/mol. The lowest BCUT2D eigenvalue weighted by Crippen LogP contribution is -2.44. The van der Waals surface area contributed by atoms with Crippen molar-refractivity contribution in [1.29, 1.82) is 0 Å². The topological polar surface area (TPSA) is 49.2 Å². The molecule has 1 atom stereocenters. The number of hydrogen-bond donors (Lipinski definition) is 1. The molecule has 0 amide bonds. The first-order valence-electron chi connectivity index (χ1n) is 9.67. The highest BCUT2D eigenvalue weighted by Gasteiger charge is 2.21. The molecule has 1 N–H and O–H groups in total. The summed E-state index contributed by atoms with van der Waals surface area (Å²) in [6.07, 6.45) is 4.16. The van der Waals surface area contributed by atoms with Gasteiger partial charge in [0.25, 0.3) is 0 Å². The summed E-state index contributed by atoms with van der Waals surface area (Å²) in [5.74, 6) is 0.193. The number of phenols is 1. The highest BCUT2D eigenvalue weighted by molar-refractivity contribution is 5.89. The van der Waals surface area contributed by atoms with Crippen LogP contribution in [0.4, 0.5) is 0 Å². The van der Waals surface area contributed by atoms with Gasteiger partial charge in [-0.1, -0.05) is 24.3 Å². The fraction of sp³-hybridized carbons (Fsp3) is 0.391. The van der Waals surface area contributed by atoms with Crippen LogP contribution in [-0.4, -0.2) is 38.1 Å². The van der Waals surface area contributed by atoms with Crippen LogP contribution in [0.2, 0.25) is 0 Å². The number of aromatic hydroxyl groups is 1. The smallest absolute Gasteiger partial charge is 0.142 e. The van der Waals surface area contributed by atoms with Crippen LogP contribution >= 0.6 is 0 Å². The van der Waals surface area contributed by atoms with Crippen molar-refractivity contribution in [3.8, 4) is 16.9 Å². The first-order chi connectivity index (χ1) is 12.9. The number of aromatic nitrogens is 2. The van der Waals surface area contributed by atoms with E-state index in [4.69, 9.17) is 0 Å². The molecule has 0 aliphatic rings. The van der Waals surface area contributed by atoms with Crippen molar-refractivity contribution in [2.45, 2.75) is 59.2 Å². The van der Waals surface area contributed by atoms with Crippen LogP contribution < -0.4 is 0 Å². The van der Waals surface area contributed by atoms with Crippen LogP contribution in [0.15, 0.2) is 48.9 Å². The highest BCUT2D eigenvalue weighted by Crippen LogP contribution is 2.32. The van der Waals surface area contributed by atoms with Crippen LogP contribution in [0.5, 0.6) is 5.75 Å². The van der Waals surface area contributed by atoms with Gasteiger partial charge in [0, 0.05) is 29.7 Å². The van der Waals surface area contributed by atoms with Crippen LogP contribution in [0.1, 0.15) is 40.2 Å². The van der Waals surface area contributed by atoms with Gasteiger partial charge in [-0.05, 0) is 69.9 Å². The molecule has 0 bridgehead atoms. The van der Waals surface area contributed by atoms with Crippen molar-refractivity contribution in [2.75, 3.05) is 0 Å². The molecule has 0 saturated carbocycles. The monoisotopic (exact) mass is 363 g/mol. The fourth-order valence-corrected chi connectivity index (χ4v) is 4.26. The number of rotatable bonds is 6. The summed E-state index contributed by atoms with van der Waals surface area (Å²) in [7, 11) is 0. The van der Waals surface area contributed by atoms with Gasteiger partial charge in [0.2, 0.25) is 0 Å². The summed E-state index contributed by atoms with van der Waals surface area (Å²) in [5.41, 5.74) is 4.02. The lowest BCUT2D eigenvalue weighted by molar-refractivity contribution is 0.122. The molecule has 0 saturated heterocycles. The molecular formula is C23H29N3O. The van der Waals surface area contributed by atoms with Gasteiger partial charge in [0.05, 0.1) is 0 Å². The first-order valence-corrected chi connectivity index (χ1v) is 9.67. The van der Waals surface area contributed by atoms with Crippen LogP contribution in [0.3, 0.4) is 0 Å². The zero-order chi connectivity index (χ0) is 19.6. The molecule has 0 aliphatic heterocycles. The third-order valence-corrected chi connectivity index (χ3v) is 5.13. The van der Waals surface area contributed by atoms with E-state index in [2.05, 4.69) is 79.8 Å². The summed E-state index contributed by atoms with van der Waals surface area (Å²) in [6.45, 7) is 11.3. The number of nitrogens with zero attached hydrogens (tertiary/aromatic N) is 3. The van der Waals surface area contributed by atoms with Crippen LogP contribution in [-0.2, 0) is 6.42 Å². The second kappa shape index (κ2) is 8.05. The number of fused-ring (bicyclic) bond motifs is 1. The molecule has 1 heterocycles. The van der Waals surface area contributed by atoms with E-state index >= 15 is 0 Å². The summed E-state index contributed by atoms with van der Waals surface area (Å²) in [4.78, 5) is 10.8. The predicted octanol–water partition coefficient (Wildman–Crippen LogP) is 5.05. The summed E-state index contributed by atoms with van der Waals surface area (Å²) >= 11 is 0. The van der Waals surface area contributed by atoms with Gasteiger partial charge in [-0.2, -0.15) is 0 Å². The molecule has 142 valence electrons. The standard InChI is InChI=1S/C23H29N3O/c1-15(2)26(16(3)4)17(5)10-18-8-6-7-9-21(18)19-11-20-13-24-14-25-23(20)22(27)12-19/h6-9,11-17,27H,10H2,1-5H3. The Hall–Kier alpha value is -2.46. The first kappa shape index (κ1) is 19.3. The van der Waals surface area contributed by atoms with E-state index in [9.17, 15) is 5.11 Å². The second-order valence-electron chi connectivity index (χ2n) is 7.80. The molecule has 1 unspecified atom stereocenters. The van der Waals surface area contributed by atoms with Crippen molar-refractivity contribution >= 4 is 10.9 Å². The molecule has 3 aromatic rings. The Kier molecular flexibility index (Phi) is 5.76. The van der Waals surface area contributed by atoms with Gasteiger partial charge in [-0.25, -0.2) is 9.97 Å². The Morgan fingerprint density at radius 2 is 1.70 bits per heavy atom. The molecule has 27 heavy (non-hydrogen) atoms. The summed E-state index contributed by atoms with van der Waals surface area (Å²) in [6, 6.07) is 13.7. The van der Waals surface area contributed by atoms with E-state index in [1.54, 1.807) is 6.20 Å².